The molecule has 14 heavy (non-hydrogen) atoms. The van der Waals surface area contributed by atoms with Crippen molar-refractivity contribution in [2.45, 2.75) is 0 Å². The molecule has 0 fully saturated rings. The molecule has 0 atom stereocenters. The first-order valence-electron chi connectivity index (χ1n) is 3.82. The first kappa shape index (κ1) is 9.86. The number of carboxylic acids is 1. The average Bonchev–Trinajstić information content (AvgIpc) is 2.16. The highest BCUT2D eigenvalue weighted by atomic mass is 16.5. The summed E-state index contributed by atoms with van der Waals surface area (Å²) < 4.78 is 4.91. The molecule has 1 aromatic rings. The van der Waals surface area contributed by atoms with E-state index in [4.69, 9.17) is 15.1 Å². The van der Waals surface area contributed by atoms with Gasteiger partial charge in [-0.3, -0.25) is 5.32 Å². The van der Waals surface area contributed by atoms with Crippen LogP contribution in [0.1, 0.15) is 0 Å². The second kappa shape index (κ2) is 4.72. The summed E-state index contributed by atoms with van der Waals surface area (Å²) in [5.74, 6) is -0.628. The predicted molar refractivity (Wildman–Crippen MR) is 48.8 cm³/mol. The molecule has 5 nitrogen and oxygen atoms in total. The van der Waals surface area contributed by atoms with Crippen molar-refractivity contribution in [3.8, 4) is 11.9 Å². The topological polar surface area (TPSA) is 82.3 Å². The van der Waals surface area contributed by atoms with Crippen molar-refractivity contribution >= 4 is 11.7 Å². The zero-order chi connectivity index (χ0) is 10.4. The molecule has 72 valence electrons. The van der Waals surface area contributed by atoms with Crippen molar-refractivity contribution in [3.05, 3.63) is 24.3 Å². The molecule has 0 aromatic heterocycles. The fourth-order valence-electron chi connectivity index (χ4n) is 0.873. The number of nitrogens with one attached hydrogen (secondary N) is 1. The van der Waals surface area contributed by atoms with Crippen LogP contribution in [0, 0.1) is 11.5 Å². The largest absolute Gasteiger partial charge is 0.482 e. The Morgan fingerprint density at radius 2 is 2.43 bits per heavy atom. The molecule has 5 heteroatoms. The molecule has 0 heterocycles. The molecule has 0 radical (unpaired) electrons. The van der Waals surface area contributed by atoms with Crippen LogP contribution in [0.3, 0.4) is 0 Å². The molecule has 0 aliphatic heterocycles. The number of nitriles is 1. The molecular formula is C9H8N2O3. The summed E-state index contributed by atoms with van der Waals surface area (Å²) in [5, 5.41) is 19.1. The van der Waals surface area contributed by atoms with Gasteiger partial charge in [-0.2, -0.15) is 5.26 Å². The molecule has 1 aromatic carbocycles. The molecule has 0 aliphatic carbocycles. The summed E-state index contributed by atoms with van der Waals surface area (Å²) >= 11 is 0. The summed E-state index contributed by atoms with van der Waals surface area (Å²) in [6.07, 6.45) is 1.75. The maximum absolute atomic E-state index is 10.2. The van der Waals surface area contributed by atoms with E-state index in [9.17, 15) is 4.79 Å². The van der Waals surface area contributed by atoms with E-state index in [0.29, 0.717) is 11.4 Å². The summed E-state index contributed by atoms with van der Waals surface area (Å²) in [6, 6.07) is 6.51. The zero-order valence-corrected chi connectivity index (χ0v) is 7.23. The molecule has 0 amide bonds. The van der Waals surface area contributed by atoms with Crippen LogP contribution in [-0.4, -0.2) is 17.7 Å². The number of hydrogen-bond donors (Lipinski definition) is 2. The molecule has 0 bridgehead atoms. The van der Waals surface area contributed by atoms with Crippen molar-refractivity contribution in [2.24, 2.45) is 0 Å². The molecule has 0 unspecified atom stereocenters. The quantitative estimate of drug-likeness (QED) is 0.550. The van der Waals surface area contributed by atoms with Gasteiger partial charge in [-0.15, -0.1) is 0 Å². The Bertz CT molecular complexity index is 371. The van der Waals surface area contributed by atoms with Gasteiger partial charge < -0.3 is 9.84 Å². The summed E-state index contributed by atoms with van der Waals surface area (Å²) in [6.45, 7) is -0.393. The Labute approximate surface area is 80.5 Å². The highest BCUT2D eigenvalue weighted by Crippen LogP contribution is 2.16. The molecular weight excluding hydrogens is 184 g/mol. The molecule has 0 spiro atoms. The Morgan fingerprint density at radius 1 is 1.64 bits per heavy atom. The first-order valence-corrected chi connectivity index (χ1v) is 3.82. The van der Waals surface area contributed by atoms with Crippen LogP contribution in [0.25, 0.3) is 0 Å². The van der Waals surface area contributed by atoms with Gasteiger partial charge in [-0.25, -0.2) is 4.79 Å². The maximum Gasteiger partial charge on any atom is 0.341 e. The zero-order valence-electron chi connectivity index (χ0n) is 7.23. The van der Waals surface area contributed by atoms with Gasteiger partial charge in [0, 0.05) is 6.07 Å². The van der Waals surface area contributed by atoms with Crippen LogP contribution >= 0.6 is 0 Å². The normalized spacial score (nSPS) is 8.79. The average molecular weight is 192 g/mol. The van der Waals surface area contributed by atoms with Crippen LogP contribution in [0.5, 0.6) is 5.75 Å². The Morgan fingerprint density at radius 3 is 3.07 bits per heavy atom. The first-order chi connectivity index (χ1) is 6.72. The van der Waals surface area contributed by atoms with Crippen LogP contribution in [0.15, 0.2) is 24.3 Å². The van der Waals surface area contributed by atoms with E-state index in [1.807, 2.05) is 0 Å². The monoisotopic (exact) mass is 192 g/mol. The van der Waals surface area contributed by atoms with Gasteiger partial charge in [-0.05, 0) is 12.1 Å². The SMILES string of the molecule is N#CNc1cccc(OCC(=O)O)c1. The van der Waals surface area contributed by atoms with Gasteiger partial charge in [0.25, 0.3) is 0 Å². The van der Waals surface area contributed by atoms with E-state index in [0.717, 1.165) is 0 Å². The second-order valence-corrected chi connectivity index (χ2v) is 2.45. The van der Waals surface area contributed by atoms with Crippen molar-refractivity contribution < 1.29 is 14.6 Å². The second-order valence-electron chi connectivity index (χ2n) is 2.45. The fraction of sp³-hybridized carbons (Fsp3) is 0.111. The fourth-order valence-corrected chi connectivity index (χ4v) is 0.873. The van der Waals surface area contributed by atoms with Crippen molar-refractivity contribution in [2.75, 3.05) is 11.9 Å². The van der Waals surface area contributed by atoms with Gasteiger partial charge in [0.2, 0.25) is 0 Å². The lowest BCUT2D eigenvalue weighted by Gasteiger charge is -2.03. The summed E-state index contributed by atoms with van der Waals surface area (Å²) in [5.41, 5.74) is 0.565. The van der Waals surface area contributed by atoms with Gasteiger partial charge in [-0.1, -0.05) is 6.07 Å². The third-order valence-electron chi connectivity index (χ3n) is 1.40. The lowest BCUT2D eigenvalue weighted by Crippen LogP contribution is -2.09. The van der Waals surface area contributed by atoms with Gasteiger partial charge >= 0.3 is 5.97 Å². The van der Waals surface area contributed by atoms with Crippen molar-refractivity contribution in [3.63, 3.8) is 0 Å². The Hall–Kier alpha value is -2.22. The van der Waals surface area contributed by atoms with Crippen LogP contribution in [0.2, 0.25) is 0 Å². The number of hydrogen-bond acceptors (Lipinski definition) is 4. The van der Waals surface area contributed by atoms with E-state index in [2.05, 4.69) is 5.32 Å². The third kappa shape index (κ3) is 3.03. The minimum atomic E-state index is -1.04. The van der Waals surface area contributed by atoms with Crippen LogP contribution < -0.4 is 10.1 Å². The number of carbonyl (C=O) groups is 1. The summed E-state index contributed by atoms with van der Waals surface area (Å²) in [4.78, 5) is 10.2. The minimum absolute atomic E-state index is 0.393. The number of carboxylic acid groups (broad SMARTS) is 1. The number of aliphatic carboxylic acids is 1. The Kier molecular flexibility index (Phi) is 3.33. The van der Waals surface area contributed by atoms with Crippen LogP contribution in [-0.2, 0) is 4.79 Å². The standard InChI is InChI=1S/C9H8N2O3/c10-6-11-7-2-1-3-8(4-7)14-5-9(12)13/h1-4,11H,5H2,(H,12,13). The smallest absolute Gasteiger partial charge is 0.341 e. The van der Waals surface area contributed by atoms with Crippen molar-refractivity contribution in [1.29, 1.82) is 5.26 Å². The molecule has 1 rings (SSSR count). The number of benzene rings is 1. The molecule has 0 saturated carbocycles. The lowest BCUT2D eigenvalue weighted by atomic mass is 10.3. The van der Waals surface area contributed by atoms with Crippen LogP contribution in [0.4, 0.5) is 5.69 Å². The van der Waals surface area contributed by atoms with Gasteiger partial charge in [0.15, 0.2) is 12.8 Å². The third-order valence-corrected chi connectivity index (χ3v) is 1.40. The van der Waals surface area contributed by atoms with E-state index < -0.39 is 12.6 Å². The molecule has 0 saturated heterocycles. The minimum Gasteiger partial charge on any atom is -0.482 e. The highest BCUT2D eigenvalue weighted by molar-refractivity contribution is 5.68. The summed E-state index contributed by atoms with van der Waals surface area (Å²) in [7, 11) is 0. The predicted octanol–water partition coefficient (Wildman–Crippen LogP) is 1.04. The lowest BCUT2D eigenvalue weighted by molar-refractivity contribution is -0.139. The molecule has 0 aliphatic rings. The number of nitrogens with zero attached hydrogens (tertiary/aromatic N) is 1. The Balaban J connectivity index is 2.64. The highest BCUT2D eigenvalue weighted by Gasteiger charge is 1.99. The van der Waals surface area contributed by atoms with Gasteiger partial charge in [0.1, 0.15) is 5.75 Å². The van der Waals surface area contributed by atoms with E-state index in [1.54, 1.807) is 30.5 Å². The van der Waals surface area contributed by atoms with Gasteiger partial charge in [0.05, 0.1) is 5.69 Å². The van der Waals surface area contributed by atoms with E-state index >= 15 is 0 Å². The number of ether oxygens (including phenoxy) is 1. The molecule has 2 N–H and O–H groups in total. The number of anilines is 1. The van der Waals surface area contributed by atoms with E-state index in [-0.39, 0.29) is 0 Å². The number of rotatable bonds is 4. The van der Waals surface area contributed by atoms with E-state index in [1.165, 1.54) is 0 Å². The van der Waals surface area contributed by atoms with Crippen molar-refractivity contribution in [1.82, 2.24) is 0 Å². The maximum atomic E-state index is 10.2.